The van der Waals surface area contributed by atoms with E-state index in [1.54, 1.807) is 25.1 Å². The number of ether oxygens (including phenoxy) is 1. The minimum atomic E-state index is -0.661. The second-order valence-corrected chi connectivity index (χ2v) is 4.92. The molecular formula is C17H15ClO4. The van der Waals surface area contributed by atoms with Crippen molar-refractivity contribution in [1.82, 2.24) is 0 Å². The van der Waals surface area contributed by atoms with Gasteiger partial charge >= 0.3 is 5.97 Å². The molecule has 0 aliphatic rings. The number of carbonyl (C=O) groups is 2. The third-order valence-electron chi connectivity index (χ3n) is 2.93. The van der Waals surface area contributed by atoms with Gasteiger partial charge in [0.05, 0.1) is 11.6 Å². The van der Waals surface area contributed by atoms with Gasteiger partial charge in [0, 0.05) is 5.56 Å². The van der Waals surface area contributed by atoms with Crippen molar-refractivity contribution < 1.29 is 18.7 Å². The predicted octanol–water partition coefficient (Wildman–Crippen LogP) is 4.14. The normalized spacial score (nSPS) is 11.3. The number of halogens is 1. The zero-order valence-electron chi connectivity index (χ0n) is 12.3. The largest absolute Gasteiger partial charge is 0.462 e. The average molecular weight is 319 g/mol. The van der Waals surface area contributed by atoms with E-state index in [0.717, 1.165) is 5.56 Å². The fourth-order valence-electron chi connectivity index (χ4n) is 1.89. The molecule has 5 heteroatoms. The Bertz CT molecular complexity index is 728. The molecule has 0 amide bonds. The first kappa shape index (κ1) is 16.0. The van der Waals surface area contributed by atoms with Crippen LogP contribution in [0, 0.1) is 0 Å². The Morgan fingerprint density at radius 1 is 1.23 bits per heavy atom. The Kier molecular flexibility index (Phi) is 5.17. The molecule has 0 atom stereocenters. The summed E-state index contributed by atoms with van der Waals surface area (Å²) in [7, 11) is 0. The summed E-state index contributed by atoms with van der Waals surface area (Å²) in [4.78, 5) is 23.3. The van der Waals surface area contributed by atoms with Crippen molar-refractivity contribution in [3.8, 4) is 11.3 Å². The number of Topliss-reactive ketones (excluding diaryl/α,β-unsaturated/α-hetero) is 1. The lowest BCUT2D eigenvalue weighted by molar-refractivity contribution is -0.139. The highest BCUT2D eigenvalue weighted by molar-refractivity contribution is 6.33. The molecule has 4 nitrogen and oxygen atoms in total. The molecule has 0 aliphatic carbocycles. The number of hydrogen-bond donors (Lipinski definition) is 0. The minimum absolute atomic E-state index is 0.0538. The second-order valence-electron chi connectivity index (χ2n) is 4.52. The maximum atomic E-state index is 11.7. The van der Waals surface area contributed by atoms with Gasteiger partial charge in [-0.05, 0) is 44.2 Å². The molecule has 0 saturated carbocycles. The first-order chi connectivity index (χ1) is 10.5. The molecule has 1 heterocycles. The standard InChI is InChI=1S/C17H15ClO4/c1-3-21-17(20)14(11(2)19)10-12-8-9-16(22-12)13-6-4-5-7-15(13)18/h4-10H,3H2,1-2H3/b14-10+. The van der Waals surface area contributed by atoms with Crippen molar-refractivity contribution >= 4 is 29.4 Å². The van der Waals surface area contributed by atoms with E-state index < -0.39 is 5.97 Å². The van der Waals surface area contributed by atoms with Crippen molar-refractivity contribution in [2.24, 2.45) is 0 Å². The van der Waals surface area contributed by atoms with E-state index in [9.17, 15) is 9.59 Å². The van der Waals surface area contributed by atoms with Crippen LogP contribution in [0.25, 0.3) is 17.4 Å². The summed E-state index contributed by atoms with van der Waals surface area (Å²) in [5.74, 6) is -0.100. The summed E-state index contributed by atoms with van der Waals surface area (Å²) in [5, 5.41) is 0.560. The van der Waals surface area contributed by atoms with Gasteiger partial charge in [-0.2, -0.15) is 0 Å². The predicted molar refractivity (Wildman–Crippen MR) is 84.4 cm³/mol. The Labute approximate surface area is 133 Å². The number of hydrogen-bond acceptors (Lipinski definition) is 4. The van der Waals surface area contributed by atoms with Crippen molar-refractivity contribution in [3.63, 3.8) is 0 Å². The smallest absolute Gasteiger partial charge is 0.341 e. The van der Waals surface area contributed by atoms with Crippen LogP contribution in [-0.4, -0.2) is 18.4 Å². The lowest BCUT2D eigenvalue weighted by atomic mass is 10.1. The zero-order chi connectivity index (χ0) is 16.1. The van der Waals surface area contributed by atoms with Crippen LogP contribution in [0.1, 0.15) is 19.6 Å². The Morgan fingerprint density at radius 2 is 1.95 bits per heavy atom. The molecule has 0 spiro atoms. The van der Waals surface area contributed by atoms with Gasteiger partial charge in [0.25, 0.3) is 0 Å². The van der Waals surface area contributed by atoms with Gasteiger partial charge in [-0.1, -0.05) is 23.7 Å². The van der Waals surface area contributed by atoms with E-state index >= 15 is 0 Å². The fraction of sp³-hybridized carbons (Fsp3) is 0.176. The topological polar surface area (TPSA) is 56.5 Å². The van der Waals surface area contributed by atoms with E-state index in [2.05, 4.69) is 0 Å². The summed E-state index contributed by atoms with van der Waals surface area (Å²) < 4.78 is 10.5. The van der Waals surface area contributed by atoms with E-state index in [-0.39, 0.29) is 18.0 Å². The van der Waals surface area contributed by atoms with Gasteiger partial charge in [-0.3, -0.25) is 4.79 Å². The number of ketones is 1. The zero-order valence-corrected chi connectivity index (χ0v) is 13.0. The van der Waals surface area contributed by atoms with E-state index in [1.807, 2.05) is 18.2 Å². The first-order valence-electron chi connectivity index (χ1n) is 6.77. The highest BCUT2D eigenvalue weighted by Gasteiger charge is 2.17. The highest BCUT2D eigenvalue weighted by atomic mass is 35.5. The molecule has 0 unspecified atom stereocenters. The molecule has 0 bridgehead atoms. The Balaban J connectivity index is 2.34. The van der Waals surface area contributed by atoms with Crippen LogP contribution in [0.3, 0.4) is 0 Å². The van der Waals surface area contributed by atoms with Crippen LogP contribution < -0.4 is 0 Å². The quantitative estimate of drug-likeness (QED) is 0.360. The van der Waals surface area contributed by atoms with Crippen LogP contribution in [0.5, 0.6) is 0 Å². The highest BCUT2D eigenvalue weighted by Crippen LogP contribution is 2.29. The number of furan rings is 1. The summed E-state index contributed by atoms with van der Waals surface area (Å²) in [6.07, 6.45) is 1.38. The van der Waals surface area contributed by atoms with Gasteiger partial charge in [-0.25, -0.2) is 4.79 Å². The molecule has 114 valence electrons. The number of benzene rings is 1. The summed E-state index contributed by atoms with van der Waals surface area (Å²) in [6.45, 7) is 3.19. The fourth-order valence-corrected chi connectivity index (χ4v) is 2.12. The summed E-state index contributed by atoms with van der Waals surface area (Å²) >= 11 is 6.11. The van der Waals surface area contributed by atoms with Crippen molar-refractivity contribution in [3.05, 3.63) is 52.8 Å². The van der Waals surface area contributed by atoms with E-state index in [1.165, 1.54) is 13.0 Å². The molecule has 0 radical (unpaired) electrons. The molecule has 0 fully saturated rings. The number of rotatable bonds is 5. The van der Waals surface area contributed by atoms with Crippen LogP contribution in [0.4, 0.5) is 0 Å². The lowest BCUT2D eigenvalue weighted by Crippen LogP contribution is -2.13. The SMILES string of the molecule is CCOC(=O)/C(=C/c1ccc(-c2ccccc2Cl)o1)C(C)=O. The molecule has 0 N–H and O–H groups in total. The second kappa shape index (κ2) is 7.09. The summed E-state index contributed by atoms with van der Waals surface area (Å²) in [5.41, 5.74) is 0.686. The molecule has 2 rings (SSSR count). The third kappa shape index (κ3) is 3.65. The average Bonchev–Trinajstić information content (AvgIpc) is 2.93. The van der Waals surface area contributed by atoms with Crippen LogP contribution >= 0.6 is 11.6 Å². The third-order valence-corrected chi connectivity index (χ3v) is 3.26. The van der Waals surface area contributed by atoms with Crippen LogP contribution in [0.2, 0.25) is 5.02 Å². The minimum Gasteiger partial charge on any atom is -0.462 e. The van der Waals surface area contributed by atoms with Crippen molar-refractivity contribution in [2.45, 2.75) is 13.8 Å². The first-order valence-corrected chi connectivity index (χ1v) is 7.15. The van der Waals surface area contributed by atoms with Gasteiger partial charge in [0.1, 0.15) is 17.1 Å². The maximum Gasteiger partial charge on any atom is 0.341 e. The number of esters is 1. The summed E-state index contributed by atoms with van der Waals surface area (Å²) in [6, 6.07) is 10.7. The molecule has 0 aliphatic heterocycles. The van der Waals surface area contributed by atoms with Gasteiger partial charge in [0.15, 0.2) is 5.78 Å². The van der Waals surface area contributed by atoms with Crippen LogP contribution in [0.15, 0.2) is 46.4 Å². The molecule has 1 aromatic carbocycles. The van der Waals surface area contributed by atoms with E-state index in [0.29, 0.717) is 16.5 Å². The molecule has 1 aromatic heterocycles. The van der Waals surface area contributed by atoms with Crippen molar-refractivity contribution in [2.75, 3.05) is 6.61 Å². The monoisotopic (exact) mass is 318 g/mol. The van der Waals surface area contributed by atoms with Gasteiger partial charge in [-0.15, -0.1) is 0 Å². The molecule has 0 saturated heterocycles. The number of carbonyl (C=O) groups excluding carboxylic acids is 2. The molecule has 22 heavy (non-hydrogen) atoms. The Hall–Kier alpha value is -2.33. The van der Waals surface area contributed by atoms with E-state index in [4.69, 9.17) is 20.8 Å². The van der Waals surface area contributed by atoms with Crippen LogP contribution in [-0.2, 0) is 14.3 Å². The lowest BCUT2D eigenvalue weighted by Gasteiger charge is -2.02. The Morgan fingerprint density at radius 3 is 2.59 bits per heavy atom. The van der Waals surface area contributed by atoms with Gasteiger partial charge in [0.2, 0.25) is 0 Å². The van der Waals surface area contributed by atoms with Gasteiger partial charge < -0.3 is 9.15 Å². The van der Waals surface area contributed by atoms with Crippen molar-refractivity contribution in [1.29, 1.82) is 0 Å². The molecule has 2 aromatic rings. The maximum absolute atomic E-state index is 11.7. The molecular weight excluding hydrogens is 304 g/mol.